The predicted octanol–water partition coefficient (Wildman–Crippen LogP) is 4.90. The van der Waals surface area contributed by atoms with Crippen molar-refractivity contribution in [2.45, 2.75) is 4.90 Å². The lowest BCUT2D eigenvalue weighted by molar-refractivity contribution is 0.601. The van der Waals surface area contributed by atoms with Gasteiger partial charge in [0.2, 0.25) is 0 Å². The molecule has 2 aromatic carbocycles. The standard InChI is InChI=1S/C12H8Br2Cl2N2O2S/c13-6-1-4-10(8(17)5-6)21(19,20)18-9-3-2-7(14)11(15)12(9)16/h1-5,18H,17H2. The molecule has 3 N–H and O–H groups in total. The summed E-state index contributed by atoms with van der Waals surface area (Å²) in [4.78, 5) is -0.0409. The molecule has 112 valence electrons. The molecule has 0 radical (unpaired) electrons. The van der Waals surface area contributed by atoms with Crippen LogP contribution in [0.1, 0.15) is 0 Å². The van der Waals surface area contributed by atoms with E-state index in [4.69, 9.17) is 28.9 Å². The molecule has 0 atom stereocenters. The van der Waals surface area contributed by atoms with Crippen LogP contribution in [-0.4, -0.2) is 8.42 Å². The highest BCUT2D eigenvalue weighted by Crippen LogP contribution is 2.37. The zero-order chi connectivity index (χ0) is 15.8. The average Bonchev–Trinajstić information content (AvgIpc) is 2.39. The van der Waals surface area contributed by atoms with Gasteiger partial charge in [-0.15, -0.1) is 0 Å². The van der Waals surface area contributed by atoms with Crippen LogP contribution in [0.25, 0.3) is 0 Å². The fourth-order valence-electron chi connectivity index (χ4n) is 1.57. The van der Waals surface area contributed by atoms with Crippen molar-refractivity contribution in [3.63, 3.8) is 0 Å². The third-order valence-corrected chi connectivity index (χ3v) is 6.24. The van der Waals surface area contributed by atoms with Gasteiger partial charge in [0, 0.05) is 8.95 Å². The van der Waals surface area contributed by atoms with Gasteiger partial charge in [-0.2, -0.15) is 0 Å². The summed E-state index contributed by atoms with van der Waals surface area (Å²) in [6, 6.07) is 7.59. The summed E-state index contributed by atoms with van der Waals surface area (Å²) in [7, 11) is -3.87. The average molecular weight is 475 g/mol. The van der Waals surface area contributed by atoms with Crippen molar-refractivity contribution < 1.29 is 8.42 Å². The van der Waals surface area contributed by atoms with E-state index in [0.29, 0.717) is 8.95 Å². The molecular formula is C12H8Br2Cl2N2O2S. The van der Waals surface area contributed by atoms with Crippen LogP contribution in [0.5, 0.6) is 0 Å². The zero-order valence-corrected chi connectivity index (χ0v) is 15.7. The first-order valence-corrected chi connectivity index (χ1v) is 9.26. The van der Waals surface area contributed by atoms with Gasteiger partial charge in [0.25, 0.3) is 10.0 Å². The number of nitrogens with two attached hydrogens (primary N) is 1. The maximum Gasteiger partial charge on any atom is 0.263 e. The van der Waals surface area contributed by atoms with Gasteiger partial charge in [0.1, 0.15) is 4.90 Å². The van der Waals surface area contributed by atoms with Crippen LogP contribution in [0, 0.1) is 0 Å². The number of sulfonamides is 1. The molecule has 0 bridgehead atoms. The second-order valence-corrected chi connectivity index (χ2v) is 8.19. The number of anilines is 2. The predicted molar refractivity (Wildman–Crippen MR) is 93.5 cm³/mol. The Labute approximate surface area is 148 Å². The van der Waals surface area contributed by atoms with Crippen LogP contribution in [-0.2, 0) is 10.0 Å². The molecule has 0 aliphatic rings. The number of hydrogen-bond acceptors (Lipinski definition) is 3. The monoisotopic (exact) mass is 472 g/mol. The van der Waals surface area contributed by atoms with E-state index in [-0.39, 0.29) is 26.3 Å². The molecule has 9 heteroatoms. The van der Waals surface area contributed by atoms with Gasteiger partial charge in [0.15, 0.2) is 0 Å². The van der Waals surface area contributed by atoms with Crippen molar-refractivity contribution in [2.24, 2.45) is 0 Å². The van der Waals surface area contributed by atoms with Gasteiger partial charge in [-0.25, -0.2) is 8.42 Å². The Morgan fingerprint density at radius 3 is 2.33 bits per heavy atom. The third kappa shape index (κ3) is 3.65. The smallest absolute Gasteiger partial charge is 0.263 e. The summed E-state index contributed by atoms with van der Waals surface area (Å²) in [5.74, 6) is 0. The highest BCUT2D eigenvalue weighted by Gasteiger charge is 2.20. The molecule has 2 aromatic rings. The van der Waals surface area contributed by atoms with E-state index < -0.39 is 10.0 Å². The van der Waals surface area contributed by atoms with Crippen LogP contribution in [0.4, 0.5) is 11.4 Å². The number of rotatable bonds is 3. The summed E-state index contributed by atoms with van der Waals surface area (Å²) >= 11 is 18.4. The van der Waals surface area contributed by atoms with E-state index in [1.54, 1.807) is 12.1 Å². The molecular weight excluding hydrogens is 467 g/mol. The summed E-state index contributed by atoms with van der Waals surface area (Å²) in [6.07, 6.45) is 0. The van der Waals surface area contributed by atoms with Gasteiger partial charge < -0.3 is 5.73 Å². The maximum absolute atomic E-state index is 12.4. The van der Waals surface area contributed by atoms with E-state index in [9.17, 15) is 8.42 Å². The Morgan fingerprint density at radius 1 is 1.05 bits per heavy atom. The third-order valence-electron chi connectivity index (χ3n) is 2.54. The molecule has 4 nitrogen and oxygen atoms in total. The number of nitrogen functional groups attached to an aromatic ring is 1. The van der Waals surface area contributed by atoms with Gasteiger partial charge in [-0.3, -0.25) is 4.72 Å². The van der Waals surface area contributed by atoms with Crippen LogP contribution < -0.4 is 10.5 Å². The minimum atomic E-state index is -3.87. The summed E-state index contributed by atoms with van der Waals surface area (Å²) in [5.41, 5.74) is 6.03. The number of hydrogen-bond donors (Lipinski definition) is 2. The lowest BCUT2D eigenvalue weighted by Crippen LogP contribution is -2.15. The minimum Gasteiger partial charge on any atom is -0.398 e. The van der Waals surface area contributed by atoms with E-state index in [2.05, 4.69) is 36.6 Å². The summed E-state index contributed by atoms with van der Waals surface area (Å²) < 4.78 is 28.3. The molecule has 0 spiro atoms. The molecule has 2 rings (SSSR count). The van der Waals surface area contributed by atoms with Crippen LogP contribution in [0.15, 0.2) is 44.2 Å². The van der Waals surface area contributed by atoms with Crippen molar-refractivity contribution in [3.8, 4) is 0 Å². The van der Waals surface area contributed by atoms with Crippen molar-refractivity contribution in [3.05, 3.63) is 49.3 Å². The Balaban J connectivity index is 2.45. The molecule has 0 aliphatic heterocycles. The summed E-state index contributed by atoms with van der Waals surface area (Å²) in [5, 5.41) is 0.325. The first-order chi connectivity index (χ1) is 9.72. The SMILES string of the molecule is Nc1cc(Br)ccc1S(=O)(=O)Nc1ccc(Br)c(Cl)c1Cl. The van der Waals surface area contributed by atoms with Crippen molar-refractivity contribution in [1.82, 2.24) is 0 Å². The highest BCUT2D eigenvalue weighted by molar-refractivity contribution is 9.10. The topological polar surface area (TPSA) is 72.2 Å². The summed E-state index contributed by atoms with van der Waals surface area (Å²) in [6.45, 7) is 0. The lowest BCUT2D eigenvalue weighted by Gasteiger charge is -2.12. The van der Waals surface area contributed by atoms with E-state index in [1.165, 1.54) is 18.2 Å². The normalized spacial score (nSPS) is 11.4. The number of benzene rings is 2. The number of halogens is 4. The first-order valence-electron chi connectivity index (χ1n) is 5.43. The Bertz CT molecular complexity index is 813. The van der Waals surface area contributed by atoms with Gasteiger partial charge in [0.05, 0.1) is 21.4 Å². The Hall–Kier alpha value is -0.470. The van der Waals surface area contributed by atoms with Crippen LogP contribution >= 0.6 is 55.1 Å². The van der Waals surface area contributed by atoms with E-state index in [1.807, 2.05) is 0 Å². The Kier molecular flexibility index (Phi) is 5.10. The second kappa shape index (κ2) is 6.34. The van der Waals surface area contributed by atoms with Crippen LogP contribution in [0.3, 0.4) is 0 Å². The van der Waals surface area contributed by atoms with Crippen LogP contribution in [0.2, 0.25) is 10.0 Å². The Morgan fingerprint density at radius 2 is 1.71 bits per heavy atom. The zero-order valence-electron chi connectivity index (χ0n) is 10.2. The van der Waals surface area contributed by atoms with Crippen molar-refractivity contribution in [1.29, 1.82) is 0 Å². The van der Waals surface area contributed by atoms with Gasteiger partial charge in [-0.1, -0.05) is 39.1 Å². The van der Waals surface area contributed by atoms with Crippen molar-refractivity contribution in [2.75, 3.05) is 10.5 Å². The number of nitrogens with one attached hydrogen (secondary N) is 1. The fourth-order valence-corrected chi connectivity index (χ4v) is 4.01. The largest absolute Gasteiger partial charge is 0.398 e. The minimum absolute atomic E-state index is 0.0409. The van der Waals surface area contributed by atoms with Gasteiger partial charge >= 0.3 is 0 Å². The molecule has 0 fully saturated rings. The molecule has 0 amide bonds. The highest BCUT2D eigenvalue weighted by atomic mass is 79.9. The quantitative estimate of drug-likeness (QED) is 0.491. The first kappa shape index (κ1) is 16.9. The molecule has 0 aromatic heterocycles. The van der Waals surface area contributed by atoms with E-state index in [0.717, 1.165) is 0 Å². The molecule has 0 heterocycles. The lowest BCUT2D eigenvalue weighted by atomic mass is 10.3. The van der Waals surface area contributed by atoms with Gasteiger partial charge in [-0.05, 0) is 46.3 Å². The second-order valence-electron chi connectivity index (χ2n) is 4.01. The maximum atomic E-state index is 12.4. The van der Waals surface area contributed by atoms with E-state index >= 15 is 0 Å². The molecule has 0 aliphatic carbocycles. The molecule has 21 heavy (non-hydrogen) atoms. The fraction of sp³-hybridized carbons (Fsp3) is 0. The molecule has 0 saturated carbocycles. The molecule has 0 saturated heterocycles. The molecule has 0 unspecified atom stereocenters. The van der Waals surface area contributed by atoms with Crippen molar-refractivity contribution >= 4 is 76.5 Å².